The highest BCUT2D eigenvalue weighted by atomic mass is 35.5. The first-order valence-corrected chi connectivity index (χ1v) is 6.22. The third-order valence-electron chi connectivity index (χ3n) is 2.22. The SMILES string of the molecule is CC(N)c1nnc(-c2ccc(Cl)cc2[N+](=O)[O-])s1. The highest BCUT2D eigenvalue weighted by Crippen LogP contribution is 2.34. The first-order valence-electron chi connectivity index (χ1n) is 5.02. The lowest BCUT2D eigenvalue weighted by atomic mass is 10.2. The number of aromatic nitrogens is 2. The number of benzene rings is 1. The Labute approximate surface area is 112 Å². The van der Waals surface area contributed by atoms with Gasteiger partial charge in [0.1, 0.15) is 5.01 Å². The van der Waals surface area contributed by atoms with Crippen molar-refractivity contribution in [1.82, 2.24) is 10.2 Å². The Morgan fingerprint density at radius 3 is 2.78 bits per heavy atom. The molecule has 2 aromatic rings. The Morgan fingerprint density at radius 1 is 1.50 bits per heavy atom. The third kappa shape index (κ3) is 2.47. The highest BCUT2D eigenvalue weighted by molar-refractivity contribution is 7.14. The lowest BCUT2D eigenvalue weighted by molar-refractivity contribution is -0.384. The van der Waals surface area contributed by atoms with Crippen LogP contribution in [0.5, 0.6) is 0 Å². The van der Waals surface area contributed by atoms with Gasteiger partial charge < -0.3 is 5.73 Å². The van der Waals surface area contributed by atoms with Gasteiger partial charge in [-0.1, -0.05) is 22.9 Å². The van der Waals surface area contributed by atoms with Gasteiger partial charge in [-0.25, -0.2) is 0 Å². The zero-order valence-corrected chi connectivity index (χ0v) is 10.9. The molecule has 0 aliphatic carbocycles. The van der Waals surface area contributed by atoms with Gasteiger partial charge in [0.2, 0.25) is 0 Å². The molecule has 1 atom stereocenters. The second kappa shape index (κ2) is 4.97. The minimum atomic E-state index is -0.492. The quantitative estimate of drug-likeness (QED) is 0.691. The number of halogens is 1. The summed E-state index contributed by atoms with van der Waals surface area (Å²) < 4.78 is 0. The standard InChI is InChI=1S/C10H9ClN4O2S/c1-5(12)9-13-14-10(18-9)7-3-2-6(11)4-8(7)15(16)17/h2-5H,12H2,1H3. The summed E-state index contributed by atoms with van der Waals surface area (Å²) in [4.78, 5) is 10.5. The molecule has 1 aromatic carbocycles. The van der Waals surface area contributed by atoms with Crippen LogP contribution < -0.4 is 5.73 Å². The minimum absolute atomic E-state index is 0.0881. The van der Waals surface area contributed by atoms with E-state index in [0.717, 1.165) is 0 Å². The zero-order valence-electron chi connectivity index (χ0n) is 9.33. The number of hydrogen-bond donors (Lipinski definition) is 1. The van der Waals surface area contributed by atoms with Crippen LogP contribution in [0.3, 0.4) is 0 Å². The van der Waals surface area contributed by atoms with E-state index in [-0.39, 0.29) is 11.7 Å². The van der Waals surface area contributed by atoms with Crippen LogP contribution in [0.15, 0.2) is 18.2 Å². The van der Waals surface area contributed by atoms with Crippen molar-refractivity contribution in [1.29, 1.82) is 0 Å². The molecular weight excluding hydrogens is 276 g/mol. The molecular formula is C10H9ClN4O2S. The van der Waals surface area contributed by atoms with Crippen molar-refractivity contribution >= 4 is 28.6 Å². The first-order chi connectivity index (χ1) is 8.49. The Hall–Kier alpha value is -1.57. The number of nitrogens with zero attached hydrogens (tertiary/aromatic N) is 3. The first kappa shape index (κ1) is 12.9. The molecule has 94 valence electrons. The maximum atomic E-state index is 11.0. The molecule has 0 spiro atoms. The second-order valence-corrected chi connectivity index (χ2v) is 5.10. The topological polar surface area (TPSA) is 94.9 Å². The Morgan fingerprint density at radius 2 is 2.22 bits per heavy atom. The van der Waals surface area contributed by atoms with Gasteiger partial charge in [0.05, 0.1) is 16.5 Å². The molecule has 0 saturated heterocycles. The molecule has 18 heavy (non-hydrogen) atoms. The van der Waals surface area contributed by atoms with Crippen molar-refractivity contribution < 1.29 is 4.92 Å². The van der Waals surface area contributed by atoms with Crippen molar-refractivity contribution in [3.05, 3.63) is 38.3 Å². The molecule has 1 heterocycles. The maximum absolute atomic E-state index is 11.0. The monoisotopic (exact) mass is 284 g/mol. The van der Waals surface area contributed by atoms with E-state index in [2.05, 4.69) is 10.2 Å². The largest absolute Gasteiger partial charge is 0.322 e. The average molecular weight is 285 g/mol. The molecule has 0 radical (unpaired) electrons. The molecule has 0 amide bonds. The Balaban J connectivity index is 2.52. The molecule has 2 N–H and O–H groups in total. The van der Waals surface area contributed by atoms with E-state index in [4.69, 9.17) is 17.3 Å². The lowest BCUT2D eigenvalue weighted by Crippen LogP contribution is -2.03. The van der Waals surface area contributed by atoms with Crippen LogP contribution in [0.25, 0.3) is 10.6 Å². The minimum Gasteiger partial charge on any atom is -0.322 e. The van der Waals surface area contributed by atoms with Crippen molar-refractivity contribution in [3.8, 4) is 10.6 Å². The number of rotatable bonds is 3. The van der Waals surface area contributed by atoms with E-state index in [1.807, 2.05) is 0 Å². The molecule has 0 bridgehead atoms. The van der Waals surface area contributed by atoms with E-state index < -0.39 is 4.92 Å². The fourth-order valence-corrected chi connectivity index (χ4v) is 2.36. The average Bonchev–Trinajstić information content (AvgIpc) is 2.78. The number of hydrogen-bond acceptors (Lipinski definition) is 6. The van der Waals surface area contributed by atoms with E-state index in [1.165, 1.54) is 17.4 Å². The number of nitrogens with two attached hydrogens (primary N) is 1. The molecule has 0 aliphatic rings. The maximum Gasteiger partial charge on any atom is 0.281 e. The van der Waals surface area contributed by atoms with Crippen LogP contribution in [0.1, 0.15) is 18.0 Å². The van der Waals surface area contributed by atoms with Gasteiger partial charge in [-0.2, -0.15) is 0 Å². The lowest BCUT2D eigenvalue weighted by Gasteiger charge is -1.99. The zero-order chi connectivity index (χ0) is 13.3. The summed E-state index contributed by atoms with van der Waals surface area (Å²) in [5.41, 5.74) is 5.99. The molecule has 0 aliphatic heterocycles. The predicted octanol–water partition coefficient (Wildman–Crippen LogP) is 2.79. The van der Waals surface area contributed by atoms with Gasteiger partial charge >= 0.3 is 0 Å². The normalized spacial score (nSPS) is 12.4. The fourth-order valence-electron chi connectivity index (χ4n) is 1.36. The van der Waals surface area contributed by atoms with Crippen LogP contribution in [-0.2, 0) is 0 Å². The van der Waals surface area contributed by atoms with Gasteiger partial charge in [-0.3, -0.25) is 10.1 Å². The van der Waals surface area contributed by atoms with Crippen molar-refractivity contribution in [2.45, 2.75) is 13.0 Å². The van der Waals surface area contributed by atoms with Gasteiger partial charge in [0, 0.05) is 11.1 Å². The summed E-state index contributed by atoms with van der Waals surface area (Å²) in [6.07, 6.45) is 0. The van der Waals surface area contributed by atoms with Crippen LogP contribution in [0.2, 0.25) is 5.02 Å². The predicted molar refractivity (Wildman–Crippen MR) is 69.6 cm³/mol. The third-order valence-corrected chi connectivity index (χ3v) is 3.61. The van der Waals surface area contributed by atoms with Gasteiger partial charge in [-0.15, -0.1) is 10.2 Å². The molecule has 8 heteroatoms. The summed E-state index contributed by atoms with van der Waals surface area (Å²) in [7, 11) is 0. The Bertz CT molecular complexity index is 599. The van der Waals surface area contributed by atoms with Crippen LogP contribution >= 0.6 is 22.9 Å². The molecule has 1 unspecified atom stereocenters. The van der Waals surface area contributed by atoms with E-state index >= 15 is 0 Å². The van der Waals surface area contributed by atoms with Crippen LogP contribution in [0.4, 0.5) is 5.69 Å². The summed E-state index contributed by atoms with van der Waals surface area (Å²) in [6, 6.07) is 4.19. The van der Waals surface area contributed by atoms with Crippen molar-refractivity contribution in [3.63, 3.8) is 0 Å². The van der Waals surface area contributed by atoms with Crippen LogP contribution in [-0.4, -0.2) is 15.1 Å². The van der Waals surface area contributed by atoms with E-state index in [1.54, 1.807) is 19.1 Å². The highest BCUT2D eigenvalue weighted by Gasteiger charge is 2.20. The van der Waals surface area contributed by atoms with Gasteiger partial charge in [-0.05, 0) is 19.1 Å². The van der Waals surface area contributed by atoms with Crippen LogP contribution in [0, 0.1) is 10.1 Å². The Kier molecular flexibility index (Phi) is 3.55. The molecule has 0 saturated carbocycles. The molecule has 0 fully saturated rings. The van der Waals surface area contributed by atoms with Crippen molar-refractivity contribution in [2.75, 3.05) is 0 Å². The fraction of sp³-hybridized carbons (Fsp3) is 0.200. The van der Waals surface area contributed by atoms with Gasteiger partial charge in [0.25, 0.3) is 5.69 Å². The molecule has 6 nitrogen and oxygen atoms in total. The summed E-state index contributed by atoms with van der Waals surface area (Å²) in [5.74, 6) is 0. The second-order valence-electron chi connectivity index (χ2n) is 3.65. The summed E-state index contributed by atoms with van der Waals surface area (Å²) >= 11 is 6.98. The van der Waals surface area contributed by atoms with E-state index in [9.17, 15) is 10.1 Å². The van der Waals surface area contributed by atoms with Crippen molar-refractivity contribution in [2.24, 2.45) is 5.73 Å². The summed E-state index contributed by atoms with van der Waals surface area (Å²) in [6.45, 7) is 1.78. The smallest absolute Gasteiger partial charge is 0.281 e. The van der Waals surface area contributed by atoms with E-state index in [0.29, 0.717) is 20.6 Å². The number of nitro benzene ring substituents is 1. The molecule has 1 aromatic heterocycles. The molecule has 2 rings (SSSR count). The van der Waals surface area contributed by atoms with Gasteiger partial charge in [0.15, 0.2) is 5.01 Å². The number of nitro groups is 1. The summed E-state index contributed by atoms with van der Waals surface area (Å²) in [5, 5.41) is 20.2.